The lowest BCUT2D eigenvalue weighted by atomic mass is 9.84. The van der Waals surface area contributed by atoms with E-state index in [0.29, 0.717) is 55.0 Å². The van der Waals surface area contributed by atoms with Gasteiger partial charge in [-0.05, 0) is 93.2 Å². The van der Waals surface area contributed by atoms with E-state index in [1.807, 2.05) is 31.2 Å². The number of piperidine rings is 1. The topological polar surface area (TPSA) is 164 Å². The zero-order valence-corrected chi connectivity index (χ0v) is 32.8. The lowest BCUT2D eigenvalue weighted by molar-refractivity contribution is -0.164. The molecule has 0 bridgehead atoms. The highest BCUT2D eigenvalue weighted by Gasteiger charge is 2.41. The molecule has 1 fully saturated rings. The molecule has 294 valence electrons. The van der Waals surface area contributed by atoms with E-state index in [-0.39, 0.29) is 38.5 Å². The molecule has 14 heteroatoms. The molecule has 2 amide bonds. The third kappa shape index (κ3) is 14.0. The van der Waals surface area contributed by atoms with Gasteiger partial charge < -0.3 is 29.2 Å². The number of hydrogen-bond acceptors (Lipinski definition) is 11. The summed E-state index contributed by atoms with van der Waals surface area (Å²) >= 11 is 0. The fraction of sp³-hybridized carbons (Fsp3) is 0.590. The molecule has 53 heavy (non-hydrogen) atoms. The Morgan fingerprint density at radius 1 is 0.962 bits per heavy atom. The van der Waals surface area contributed by atoms with E-state index in [2.05, 4.69) is 9.50 Å². The molecule has 1 aliphatic heterocycles. The Balaban J connectivity index is 1.69. The molecule has 0 spiro atoms. The highest BCUT2D eigenvalue weighted by Crippen LogP contribution is 2.32. The number of benzene rings is 2. The Bertz CT molecular complexity index is 1640. The SMILES string of the molecule is CCC(C)(C)C(=O)C(=O)N1CCCC[C@H]1C(=O)OC(CCCCc1ccc(OC)c(OC)c1)c1cccc(OCCNC(=O)CCCOS(C)(=O)=O)c1. The molecule has 13 nitrogen and oxygen atoms in total. The molecule has 0 aliphatic carbocycles. The van der Waals surface area contributed by atoms with Crippen molar-refractivity contribution in [2.45, 2.75) is 97.1 Å². The molecule has 1 saturated heterocycles. The average molecular weight is 761 g/mol. The lowest BCUT2D eigenvalue weighted by Crippen LogP contribution is -2.53. The maximum atomic E-state index is 13.9. The van der Waals surface area contributed by atoms with Crippen LogP contribution >= 0.6 is 0 Å². The number of aryl methyl sites for hydroxylation is 1. The highest BCUT2D eigenvalue weighted by molar-refractivity contribution is 7.85. The molecule has 0 saturated carbocycles. The van der Waals surface area contributed by atoms with Gasteiger partial charge >= 0.3 is 5.97 Å². The summed E-state index contributed by atoms with van der Waals surface area (Å²) in [5.74, 6) is -0.120. The minimum atomic E-state index is -3.55. The standard InChI is InChI=1S/C39H56N2O11S/c1-7-39(2,3)36(43)37(44)41-23-11-10-17-31(41)38(45)52-32(18-9-8-14-28-20-21-33(48-4)34(26-28)49-5)29-15-12-16-30(27-29)50-25-22-40-35(42)19-13-24-51-53(6,46)47/h12,15-16,20-21,26-27,31-32H,7-11,13-14,17-19,22-25H2,1-6H3,(H,40,42)/t31-,32?/m0/s1. The number of carbonyl (C=O) groups excluding carboxylic acids is 4. The van der Waals surface area contributed by atoms with E-state index in [4.69, 9.17) is 18.9 Å². The molecule has 3 rings (SSSR count). The van der Waals surface area contributed by atoms with Crippen molar-refractivity contribution in [3.63, 3.8) is 0 Å². The second-order valence-corrected chi connectivity index (χ2v) is 15.5. The quantitative estimate of drug-likeness (QED) is 0.0714. The molecule has 0 radical (unpaired) electrons. The molecule has 0 aromatic heterocycles. The van der Waals surface area contributed by atoms with Gasteiger partial charge in [-0.1, -0.05) is 39.0 Å². The lowest BCUT2D eigenvalue weighted by Gasteiger charge is -2.36. The molecular formula is C39H56N2O11S. The van der Waals surface area contributed by atoms with Gasteiger partial charge in [-0.2, -0.15) is 8.42 Å². The number of nitrogens with zero attached hydrogens (tertiary/aromatic N) is 1. The van der Waals surface area contributed by atoms with Crippen LogP contribution in [-0.2, 0) is 44.6 Å². The van der Waals surface area contributed by atoms with Crippen LogP contribution in [0.15, 0.2) is 42.5 Å². The van der Waals surface area contributed by atoms with Crippen LogP contribution in [0, 0.1) is 5.41 Å². The van der Waals surface area contributed by atoms with Crippen molar-refractivity contribution in [2.75, 3.05) is 46.8 Å². The van der Waals surface area contributed by atoms with Gasteiger partial charge in [0.2, 0.25) is 11.7 Å². The minimum Gasteiger partial charge on any atom is -0.493 e. The minimum absolute atomic E-state index is 0.0677. The second-order valence-electron chi connectivity index (χ2n) is 13.8. The van der Waals surface area contributed by atoms with E-state index in [0.717, 1.165) is 37.5 Å². The van der Waals surface area contributed by atoms with Crippen molar-refractivity contribution in [3.05, 3.63) is 53.6 Å². The van der Waals surface area contributed by atoms with Gasteiger partial charge in [0.15, 0.2) is 11.5 Å². The molecule has 1 N–H and O–H groups in total. The summed E-state index contributed by atoms with van der Waals surface area (Å²) in [5.41, 5.74) is 0.961. The summed E-state index contributed by atoms with van der Waals surface area (Å²) in [6.07, 6.45) is 5.82. The number of Topliss-reactive ketones (excluding diaryl/α,β-unsaturated/α-hetero) is 1. The predicted octanol–water partition coefficient (Wildman–Crippen LogP) is 5.34. The third-order valence-electron chi connectivity index (χ3n) is 9.39. The Morgan fingerprint density at radius 2 is 1.72 bits per heavy atom. The zero-order valence-electron chi connectivity index (χ0n) is 31.9. The van der Waals surface area contributed by atoms with E-state index in [1.54, 1.807) is 46.3 Å². The molecule has 1 aliphatic rings. The number of amides is 2. The van der Waals surface area contributed by atoms with Crippen LogP contribution in [0.5, 0.6) is 17.2 Å². The number of likely N-dealkylation sites (tertiary alicyclic amines) is 1. The van der Waals surface area contributed by atoms with Gasteiger partial charge in [0.25, 0.3) is 16.0 Å². The van der Waals surface area contributed by atoms with Crippen LogP contribution in [0.3, 0.4) is 0 Å². The van der Waals surface area contributed by atoms with E-state index in [1.165, 1.54) is 4.90 Å². The number of rotatable bonds is 22. The number of ether oxygens (including phenoxy) is 4. The molecule has 1 heterocycles. The van der Waals surface area contributed by atoms with Gasteiger partial charge in [0.05, 0.1) is 33.6 Å². The predicted molar refractivity (Wildman–Crippen MR) is 199 cm³/mol. The average Bonchev–Trinajstić information content (AvgIpc) is 3.15. The normalized spacial score (nSPS) is 15.3. The Kier molecular flexibility index (Phi) is 17.1. The zero-order chi connectivity index (χ0) is 39.0. The number of carbonyl (C=O) groups is 4. The van der Waals surface area contributed by atoms with Crippen LogP contribution in [0.4, 0.5) is 0 Å². The van der Waals surface area contributed by atoms with Crippen molar-refractivity contribution in [3.8, 4) is 17.2 Å². The van der Waals surface area contributed by atoms with Crippen LogP contribution in [0.1, 0.15) is 95.8 Å². The van der Waals surface area contributed by atoms with Crippen molar-refractivity contribution in [2.24, 2.45) is 5.41 Å². The third-order valence-corrected chi connectivity index (χ3v) is 9.98. The van der Waals surface area contributed by atoms with Gasteiger partial charge in [0, 0.05) is 18.4 Å². The number of methoxy groups -OCH3 is 2. The van der Waals surface area contributed by atoms with Crippen molar-refractivity contribution >= 4 is 33.7 Å². The first-order chi connectivity index (χ1) is 25.2. The Labute approximate surface area is 314 Å². The summed E-state index contributed by atoms with van der Waals surface area (Å²) in [7, 11) is -0.361. The van der Waals surface area contributed by atoms with E-state index < -0.39 is 45.3 Å². The maximum absolute atomic E-state index is 13.9. The number of unbranched alkanes of at least 4 members (excludes halogenated alkanes) is 1. The summed E-state index contributed by atoms with van der Waals surface area (Å²) in [6.45, 7) is 5.99. The van der Waals surface area contributed by atoms with Crippen LogP contribution in [0.2, 0.25) is 0 Å². The molecule has 2 aromatic carbocycles. The Hall–Kier alpha value is -4.17. The summed E-state index contributed by atoms with van der Waals surface area (Å²) in [5, 5.41) is 2.74. The highest BCUT2D eigenvalue weighted by atomic mass is 32.2. The molecule has 1 unspecified atom stereocenters. The first-order valence-electron chi connectivity index (χ1n) is 18.3. The number of nitrogens with one attached hydrogen (secondary N) is 1. The largest absolute Gasteiger partial charge is 0.493 e. The van der Waals surface area contributed by atoms with Gasteiger partial charge in [-0.25, -0.2) is 4.79 Å². The molecular weight excluding hydrogens is 704 g/mol. The summed E-state index contributed by atoms with van der Waals surface area (Å²) in [4.78, 5) is 53.9. The fourth-order valence-corrected chi connectivity index (χ4v) is 6.32. The van der Waals surface area contributed by atoms with Crippen molar-refractivity contribution in [1.82, 2.24) is 10.2 Å². The smallest absolute Gasteiger partial charge is 0.329 e. The first-order valence-corrected chi connectivity index (χ1v) is 20.1. The fourth-order valence-electron chi connectivity index (χ4n) is 5.90. The molecule has 2 aromatic rings. The monoisotopic (exact) mass is 760 g/mol. The van der Waals surface area contributed by atoms with E-state index in [9.17, 15) is 27.6 Å². The second kappa shape index (κ2) is 20.9. The maximum Gasteiger partial charge on any atom is 0.329 e. The molecule has 2 atom stereocenters. The van der Waals surface area contributed by atoms with E-state index >= 15 is 0 Å². The van der Waals surface area contributed by atoms with Crippen LogP contribution in [-0.4, -0.2) is 89.7 Å². The van der Waals surface area contributed by atoms with Crippen molar-refractivity contribution < 1.29 is 50.7 Å². The van der Waals surface area contributed by atoms with Crippen LogP contribution in [0.25, 0.3) is 0 Å². The van der Waals surface area contributed by atoms with Gasteiger partial charge in [-0.15, -0.1) is 0 Å². The van der Waals surface area contributed by atoms with Crippen LogP contribution < -0.4 is 19.5 Å². The summed E-state index contributed by atoms with van der Waals surface area (Å²) < 4.78 is 49.7. The van der Waals surface area contributed by atoms with Gasteiger partial charge in [-0.3, -0.25) is 18.6 Å². The Morgan fingerprint density at radius 3 is 2.42 bits per heavy atom. The number of esters is 1. The van der Waals surface area contributed by atoms with Gasteiger partial charge in [0.1, 0.15) is 24.5 Å². The number of hydrogen-bond donors (Lipinski definition) is 1. The number of ketones is 1. The summed E-state index contributed by atoms with van der Waals surface area (Å²) in [6, 6.07) is 12.2. The van der Waals surface area contributed by atoms with Crippen molar-refractivity contribution in [1.29, 1.82) is 0 Å². The first kappa shape index (κ1) is 43.2.